The van der Waals surface area contributed by atoms with E-state index >= 15 is 0 Å². The van der Waals surface area contributed by atoms with Crippen LogP contribution in [0.15, 0.2) is 18.2 Å². The minimum atomic E-state index is -1.96. The smallest absolute Gasteiger partial charge is 0.201 e. The Morgan fingerprint density at radius 2 is 1.54 bits per heavy atom. The Morgan fingerprint density at radius 1 is 0.923 bits per heavy atom. The standard InChI is InChI=1S/C23H35FOSi/c1-13(2)26(14(3)4,15(5)6)25-23-19-10-9-18(24)12-20(19)21-16-7-8-17(11-16)22(21)23/h9-10,12-17,21-23H,7-8,11H2,1-6H3/t16-,17+,21-,22-,23+/m0/s1. The summed E-state index contributed by atoms with van der Waals surface area (Å²) >= 11 is 0. The molecule has 0 saturated heterocycles. The highest BCUT2D eigenvalue weighted by Crippen LogP contribution is 2.66. The second-order valence-corrected chi connectivity index (χ2v) is 15.5. The summed E-state index contributed by atoms with van der Waals surface area (Å²) in [6, 6.07) is 5.54. The zero-order chi connectivity index (χ0) is 18.8. The molecule has 3 aliphatic rings. The van der Waals surface area contributed by atoms with Crippen LogP contribution in [0.25, 0.3) is 0 Å². The summed E-state index contributed by atoms with van der Waals surface area (Å²) in [4.78, 5) is 0. The van der Waals surface area contributed by atoms with Crippen LogP contribution in [0.5, 0.6) is 0 Å². The van der Waals surface area contributed by atoms with E-state index < -0.39 is 8.32 Å². The number of hydrogen-bond acceptors (Lipinski definition) is 1. The summed E-state index contributed by atoms with van der Waals surface area (Å²) in [5.74, 6) is 2.60. The van der Waals surface area contributed by atoms with Crippen LogP contribution in [0, 0.1) is 23.6 Å². The summed E-state index contributed by atoms with van der Waals surface area (Å²) in [5, 5.41) is 0. The van der Waals surface area contributed by atoms with Crippen LogP contribution in [0.2, 0.25) is 16.6 Å². The van der Waals surface area contributed by atoms with Crippen LogP contribution in [-0.2, 0) is 4.43 Å². The molecule has 3 aliphatic carbocycles. The SMILES string of the molecule is CC(C)[Si](O[C@@H]1c2ccc(F)cc2[C@@H]2[C@H]3CC[C@H](C3)[C@@H]21)(C(C)C)C(C)C. The molecule has 0 aromatic heterocycles. The lowest BCUT2D eigenvalue weighted by atomic mass is 9.79. The van der Waals surface area contributed by atoms with Crippen LogP contribution >= 0.6 is 0 Å². The minimum absolute atomic E-state index is 0.0778. The lowest BCUT2D eigenvalue weighted by Crippen LogP contribution is -2.49. The molecule has 2 saturated carbocycles. The van der Waals surface area contributed by atoms with Crippen molar-refractivity contribution in [3.8, 4) is 0 Å². The molecule has 0 aliphatic heterocycles. The first-order valence-electron chi connectivity index (χ1n) is 10.7. The highest BCUT2D eigenvalue weighted by molar-refractivity contribution is 6.77. The normalized spacial score (nSPS) is 32.8. The maximum atomic E-state index is 14.1. The van der Waals surface area contributed by atoms with Gasteiger partial charge in [-0.3, -0.25) is 0 Å². The maximum Gasteiger partial charge on any atom is 0.201 e. The molecule has 0 spiro atoms. The highest BCUT2D eigenvalue weighted by Gasteiger charge is 2.59. The van der Waals surface area contributed by atoms with Gasteiger partial charge in [-0.15, -0.1) is 0 Å². The molecule has 0 heterocycles. The van der Waals surface area contributed by atoms with E-state index in [9.17, 15) is 4.39 Å². The van der Waals surface area contributed by atoms with Gasteiger partial charge in [-0.1, -0.05) is 47.6 Å². The molecule has 4 rings (SSSR count). The van der Waals surface area contributed by atoms with Gasteiger partial charge in [0.15, 0.2) is 0 Å². The Labute approximate surface area is 159 Å². The van der Waals surface area contributed by atoms with E-state index in [1.807, 2.05) is 12.1 Å². The lowest BCUT2D eigenvalue weighted by Gasteiger charge is -2.46. The predicted molar refractivity (Wildman–Crippen MR) is 108 cm³/mol. The summed E-state index contributed by atoms with van der Waals surface area (Å²) in [6.45, 7) is 14.2. The molecule has 0 radical (unpaired) electrons. The fourth-order valence-electron chi connectivity index (χ4n) is 7.30. The minimum Gasteiger partial charge on any atom is -0.409 e. The van der Waals surface area contributed by atoms with Crippen LogP contribution in [-0.4, -0.2) is 8.32 Å². The van der Waals surface area contributed by atoms with Gasteiger partial charge in [0.1, 0.15) is 5.82 Å². The molecule has 1 nitrogen and oxygen atoms in total. The van der Waals surface area contributed by atoms with Crippen molar-refractivity contribution >= 4 is 8.32 Å². The fourth-order valence-corrected chi connectivity index (χ4v) is 12.8. The number of rotatable bonds is 5. The van der Waals surface area contributed by atoms with Gasteiger partial charge in [0.05, 0.1) is 6.10 Å². The maximum absolute atomic E-state index is 14.1. The average Bonchev–Trinajstić information content (AvgIpc) is 3.23. The zero-order valence-corrected chi connectivity index (χ0v) is 18.3. The van der Waals surface area contributed by atoms with Crippen LogP contribution in [0.1, 0.15) is 84.0 Å². The average molecular weight is 375 g/mol. The van der Waals surface area contributed by atoms with Gasteiger partial charge in [-0.25, -0.2) is 4.39 Å². The fraction of sp³-hybridized carbons (Fsp3) is 0.739. The molecule has 5 atom stereocenters. The van der Waals surface area contributed by atoms with E-state index in [2.05, 4.69) is 41.5 Å². The second kappa shape index (κ2) is 6.44. The van der Waals surface area contributed by atoms with Crippen molar-refractivity contribution < 1.29 is 8.82 Å². The monoisotopic (exact) mass is 374 g/mol. The number of fused-ring (bicyclic) bond motifs is 7. The Morgan fingerprint density at radius 3 is 2.15 bits per heavy atom. The largest absolute Gasteiger partial charge is 0.409 e. The van der Waals surface area contributed by atoms with E-state index in [0.29, 0.717) is 28.5 Å². The van der Waals surface area contributed by atoms with Gasteiger partial charge in [-0.2, -0.15) is 0 Å². The Kier molecular flexibility index (Phi) is 4.63. The van der Waals surface area contributed by atoms with Crippen molar-refractivity contribution in [3.63, 3.8) is 0 Å². The second-order valence-electron chi connectivity index (χ2n) is 10.1. The predicted octanol–water partition coefficient (Wildman–Crippen LogP) is 7.20. The molecule has 26 heavy (non-hydrogen) atoms. The van der Waals surface area contributed by atoms with Crippen molar-refractivity contribution in [2.75, 3.05) is 0 Å². The first-order chi connectivity index (χ1) is 12.3. The molecule has 0 N–H and O–H groups in total. The first kappa shape index (κ1) is 18.7. The number of hydrogen-bond donors (Lipinski definition) is 0. The summed E-state index contributed by atoms with van der Waals surface area (Å²) < 4.78 is 21.4. The van der Waals surface area contributed by atoms with E-state index in [1.54, 1.807) is 6.07 Å². The van der Waals surface area contributed by atoms with Crippen LogP contribution < -0.4 is 0 Å². The van der Waals surface area contributed by atoms with E-state index in [1.165, 1.54) is 30.4 Å². The molecule has 144 valence electrons. The van der Waals surface area contributed by atoms with E-state index in [4.69, 9.17) is 4.43 Å². The van der Waals surface area contributed by atoms with E-state index in [0.717, 1.165) is 11.8 Å². The summed E-state index contributed by atoms with van der Waals surface area (Å²) in [5.41, 5.74) is 4.36. The third-order valence-electron chi connectivity index (χ3n) is 8.08. The van der Waals surface area contributed by atoms with Crippen molar-refractivity contribution in [3.05, 3.63) is 35.1 Å². The molecule has 3 heteroatoms. The first-order valence-corrected chi connectivity index (χ1v) is 12.9. The Balaban J connectivity index is 1.78. The van der Waals surface area contributed by atoms with Gasteiger partial charge in [-0.05, 0) is 82.8 Å². The third kappa shape index (κ3) is 2.49. The molecular formula is C23H35FOSi. The van der Waals surface area contributed by atoms with E-state index in [-0.39, 0.29) is 11.9 Å². The van der Waals surface area contributed by atoms with Gasteiger partial charge in [0.25, 0.3) is 0 Å². The highest BCUT2D eigenvalue weighted by atomic mass is 28.4. The molecule has 2 bridgehead atoms. The van der Waals surface area contributed by atoms with Gasteiger partial charge >= 0.3 is 0 Å². The van der Waals surface area contributed by atoms with Gasteiger partial charge < -0.3 is 4.43 Å². The van der Waals surface area contributed by atoms with Crippen molar-refractivity contribution in [2.24, 2.45) is 17.8 Å². The van der Waals surface area contributed by atoms with Crippen molar-refractivity contribution in [1.82, 2.24) is 0 Å². The quantitative estimate of drug-likeness (QED) is 0.495. The van der Waals surface area contributed by atoms with Gasteiger partial charge in [0.2, 0.25) is 8.32 Å². The molecule has 1 aromatic rings. The molecular weight excluding hydrogens is 339 g/mol. The number of halogens is 1. The Hall–Kier alpha value is -0.673. The molecule has 0 amide bonds. The zero-order valence-electron chi connectivity index (χ0n) is 17.3. The molecule has 1 aromatic carbocycles. The third-order valence-corrected chi connectivity index (χ3v) is 14.2. The summed E-state index contributed by atoms with van der Waals surface area (Å²) in [6.07, 6.45) is 4.21. The summed E-state index contributed by atoms with van der Waals surface area (Å²) in [7, 11) is -1.96. The number of benzene rings is 1. The van der Waals surface area contributed by atoms with Crippen LogP contribution in [0.3, 0.4) is 0 Å². The van der Waals surface area contributed by atoms with Crippen molar-refractivity contribution in [1.29, 1.82) is 0 Å². The van der Waals surface area contributed by atoms with Crippen LogP contribution in [0.4, 0.5) is 4.39 Å². The Bertz CT molecular complexity index is 661. The molecule has 0 unspecified atom stereocenters. The molecule has 2 fully saturated rings. The lowest BCUT2D eigenvalue weighted by molar-refractivity contribution is 0.0848. The van der Waals surface area contributed by atoms with Crippen molar-refractivity contribution in [2.45, 2.75) is 89.5 Å². The topological polar surface area (TPSA) is 9.23 Å². The van der Waals surface area contributed by atoms with Gasteiger partial charge in [0, 0.05) is 0 Å².